The second kappa shape index (κ2) is 10.3. The van der Waals surface area contributed by atoms with Crippen molar-refractivity contribution in [3.63, 3.8) is 0 Å². The normalized spacial score (nSPS) is 15.9. The number of hydrogen-bond acceptors (Lipinski definition) is 4. The lowest BCUT2D eigenvalue weighted by molar-refractivity contribution is -0.116. The summed E-state index contributed by atoms with van der Waals surface area (Å²) in [4.78, 5) is 14.7. The van der Waals surface area contributed by atoms with Gasteiger partial charge in [-0.1, -0.05) is 35.3 Å². The average Bonchev–Trinajstić information content (AvgIpc) is 3.29. The van der Waals surface area contributed by atoms with Crippen LogP contribution in [-0.4, -0.2) is 50.2 Å². The number of rotatable bonds is 8. The SMILES string of the molecule is CC(c1cccc(Cl)c1)N(C)CCC(=O)Nc1cc(S(=O)(=O)N2CCCC2)ccc1Cl. The second-order valence-corrected chi connectivity index (χ2v) is 10.5. The van der Waals surface area contributed by atoms with E-state index >= 15 is 0 Å². The molecule has 9 heteroatoms. The first-order chi connectivity index (χ1) is 14.7. The van der Waals surface area contributed by atoms with E-state index in [0.717, 1.165) is 18.4 Å². The quantitative estimate of drug-likeness (QED) is 0.585. The Labute approximate surface area is 194 Å². The number of anilines is 1. The van der Waals surface area contributed by atoms with E-state index in [-0.39, 0.29) is 23.3 Å². The lowest BCUT2D eigenvalue weighted by Gasteiger charge is -2.25. The predicted molar refractivity (Wildman–Crippen MR) is 125 cm³/mol. The van der Waals surface area contributed by atoms with Gasteiger partial charge in [-0.2, -0.15) is 4.31 Å². The van der Waals surface area contributed by atoms with Crippen molar-refractivity contribution in [1.29, 1.82) is 0 Å². The van der Waals surface area contributed by atoms with Crippen LogP contribution in [-0.2, 0) is 14.8 Å². The molecule has 2 aromatic rings. The standard InChI is InChI=1S/C22H27Cl2N3O3S/c1-16(17-6-5-7-18(23)14-17)26(2)13-10-22(28)25-21-15-19(8-9-20(21)24)31(29,30)27-11-3-4-12-27/h5-9,14-16H,3-4,10-13H2,1-2H3,(H,25,28). The Morgan fingerprint density at radius 2 is 1.87 bits per heavy atom. The van der Waals surface area contributed by atoms with Crippen LogP contribution in [0, 0.1) is 0 Å². The molecule has 0 radical (unpaired) electrons. The molecule has 1 saturated heterocycles. The summed E-state index contributed by atoms with van der Waals surface area (Å²) in [5, 5.41) is 3.73. The number of amides is 1. The molecule has 1 aliphatic rings. The highest BCUT2D eigenvalue weighted by atomic mass is 35.5. The van der Waals surface area contributed by atoms with Crippen molar-refractivity contribution in [3.05, 3.63) is 58.1 Å². The van der Waals surface area contributed by atoms with Gasteiger partial charge >= 0.3 is 0 Å². The van der Waals surface area contributed by atoms with Crippen molar-refractivity contribution in [2.24, 2.45) is 0 Å². The van der Waals surface area contributed by atoms with Crippen LogP contribution in [0.1, 0.15) is 37.8 Å². The molecule has 1 fully saturated rings. The van der Waals surface area contributed by atoms with Crippen LogP contribution in [0.15, 0.2) is 47.4 Å². The van der Waals surface area contributed by atoms with Crippen LogP contribution >= 0.6 is 23.2 Å². The van der Waals surface area contributed by atoms with E-state index in [9.17, 15) is 13.2 Å². The monoisotopic (exact) mass is 483 g/mol. The third-order valence-electron chi connectivity index (χ3n) is 5.60. The van der Waals surface area contributed by atoms with Gasteiger partial charge in [-0.15, -0.1) is 0 Å². The first-order valence-electron chi connectivity index (χ1n) is 10.2. The van der Waals surface area contributed by atoms with Gasteiger partial charge in [0.15, 0.2) is 0 Å². The van der Waals surface area contributed by atoms with Crippen molar-refractivity contribution >= 4 is 44.8 Å². The summed E-state index contributed by atoms with van der Waals surface area (Å²) in [7, 11) is -1.64. The molecule has 168 valence electrons. The topological polar surface area (TPSA) is 69.7 Å². The van der Waals surface area contributed by atoms with Crippen molar-refractivity contribution in [2.45, 2.75) is 37.1 Å². The number of sulfonamides is 1. The minimum absolute atomic E-state index is 0.0871. The fourth-order valence-electron chi connectivity index (χ4n) is 3.54. The fraction of sp³-hybridized carbons (Fsp3) is 0.409. The molecule has 1 heterocycles. The van der Waals surface area contributed by atoms with Crippen LogP contribution in [0.2, 0.25) is 10.0 Å². The molecule has 0 aliphatic carbocycles. The van der Waals surface area contributed by atoms with Crippen LogP contribution in [0.5, 0.6) is 0 Å². The van der Waals surface area contributed by atoms with Crippen LogP contribution in [0.4, 0.5) is 5.69 Å². The fourth-order valence-corrected chi connectivity index (χ4v) is 5.45. The van der Waals surface area contributed by atoms with Gasteiger partial charge in [0.05, 0.1) is 15.6 Å². The van der Waals surface area contributed by atoms with E-state index in [1.807, 2.05) is 38.2 Å². The molecule has 1 aliphatic heterocycles. The van der Waals surface area contributed by atoms with Gasteiger partial charge < -0.3 is 5.32 Å². The van der Waals surface area contributed by atoms with Crippen molar-refractivity contribution in [3.8, 4) is 0 Å². The Morgan fingerprint density at radius 1 is 1.16 bits per heavy atom. The summed E-state index contributed by atoms with van der Waals surface area (Å²) < 4.78 is 27.0. The Balaban J connectivity index is 1.62. The molecule has 2 aromatic carbocycles. The molecule has 0 saturated carbocycles. The van der Waals surface area contributed by atoms with Crippen LogP contribution < -0.4 is 5.32 Å². The highest BCUT2D eigenvalue weighted by molar-refractivity contribution is 7.89. The number of nitrogens with one attached hydrogen (secondary N) is 1. The number of carbonyl (C=O) groups is 1. The molecular weight excluding hydrogens is 457 g/mol. The zero-order valence-corrected chi connectivity index (χ0v) is 20.0. The maximum absolute atomic E-state index is 12.8. The molecule has 1 atom stereocenters. The summed E-state index contributed by atoms with van der Waals surface area (Å²) in [6, 6.07) is 12.1. The van der Waals surface area contributed by atoms with Gasteiger partial charge in [-0.05, 0) is 62.7 Å². The molecule has 1 amide bonds. The zero-order chi connectivity index (χ0) is 22.6. The van der Waals surface area contributed by atoms with E-state index in [2.05, 4.69) is 10.2 Å². The third-order valence-corrected chi connectivity index (χ3v) is 8.06. The van der Waals surface area contributed by atoms with Crippen LogP contribution in [0.3, 0.4) is 0 Å². The Bertz CT molecular complexity index is 1040. The van der Waals surface area contributed by atoms with E-state index in [1.165, 1.54) is 22.5 Å². The van der Waals surface area contributed by atoms with E-state index in [0.29, 0.717) is 35.4 Å². The summed E-state index contributed by atoms with van der Waals surface area (Å²) in [5.41, 5.74) is 1.37. The Kier molecular flexibility index (Phi) is 7.99. The van der Waals surface area contributed by atoms with Crippen molar-refractivity contribution in [2.75, 3.05) is 32.0 Å². The van der Waals surface area contributed by atoms with E-state index in [4.69, 9.17) is 23.2 Å². The first kappa shape index (κ1) is 24.0. The smallest absolute Gasteiger partial charge is 0.243 e. The van der Waals surface area contributed by atoms with Crippen molar-refractivity contribution in [1.82, 2.24) is 9.21 Å². The molecule has 1 unspecified atom stereocenters. The van der Waals surface area contributed by atoms with Gasteiger partial charge in [0.1, 0.15) is 0 Å². The zero-order valence-electron chi connectivity index (χ0n) is 17.6. The molecule has 3 rings (SSSR count). The number of halogens is 2. The highest BCUT2D eigenvalue weighted by Crippen LogP contribution is 2.29. The number of benzene rings is 2. The molecular formula is C22H27Cl2N3O3S. The maximum atomic E-state index is 12.8. The number of carbonyl (C=O) groups excluding carboxylic acids is 1. The largest absolute Gasteiger partial charge is 0.325 e. The first-order valence-corrected chi connectivity index (χ1v) is 12.4. The molecule has 0 bridgehead atoms. The summed E-state index contributed by atoms with van der Waals surface area (Å²) in [6.07, 6.45) is 1.95. The van der Waals surface area contributed by atoms with Gasteiger partial charge in [0.2, 0.25) is 15.9 Å². The number of nitrogens with zero attached hydrogens (tertiary/aromatic N) is 2. The summed E-state index contributed by atoms with van der Waals surface area (Å²) >= 11 is 12.3. The molecule has 1 N–H and O–H groups in total. The van der Waals surface area contributed by atoms with E-state index < -0.39 is 10.0 Å². The van der Waals surface area contributed by atoms with Gasteiger partial charge in [-0.3, -0.25) is 9.69 Å². The number of hydrogen-bond donors (Lipinski definition) is 1. The average molecular weight is 484 g/mol. The van der Waals surface area contributed by atoms with Gasteiger partial charge in [0.25, 0.3) is 0 Å². The minimum Gasteiger partial charge on any atom is -0.325 e. The highest BCUT2D eigenvalue weighted by Gasteiger charge is 2.27. The summed E-state index contributed by atoms with van der Waals surface area (Å²) in [5.74, 6) is -0.234. The van der Waals surface area contributed by atoms with Gasteiger partial charge in [-0.25, -0.2) is 8.42 Å². The third kappa shape index (κ3) is 5.99. The molecule has 0 spiro atoms. The molecule has 6 nitrogen and oxygen atoms in total. The Morgan fingerprint density at radius 3 is 2.55 bits per heavy atom. The Hall–Kier alpha value is -1.64. The molecule has 31 heavy (non-hydrogen) atoms. The van der Waals surface area contributed by atoms with E-state index in [1.54, 1.807) is 0 Å². The second-order valence-electron chi connectivity index (χ2n) is 7.76. The minimum atomic E-state index is -3.58. The summed E-state index contributed by atoms with van der Waals surface area (Å²) in [6.45, 7) is 3.60. The maximum Gasteiger partial charge on any atom is 0.243 e. The molecule has 0 aromatic heterocycles. The predicted octanol–water partition coefficient (Wildman–Crippen LogP) is 4.80. The van der Waals surface area contributed by atoms with Crippen LogP contribution in [0.25, 0.3) is 0 Å². The van der Waals surface area contributed by atoms with Crippen molar-refractivity contribution < 1.29 is 13.2 Å². The van der Waals surface area contributed by atoms with Gasteiger partial charge in [0, 0.05) is 37.1 Å². The lowest BCUT2D eigenvalue weighted by atomic mass is 10.1. The lowest BCUT2D eigenvalue weighted by Crippen LogP contribution is -2.28.